The number of aromatic nitrogens is 1. The summed E-state index contributed by atoms with van der Waals surface area (Å²) in [5.74, 6) is 1.31. The van der Waals surface area contributed by atoms with Crippen LogP contribution in [0.3, 0.4) is 0 Å². The number of hydrogen-bond acceptors (Lipinski definition) is 3. The number of pyridine rings is 1. The van der Waals surface area contributed by atoms with Crippen LogP contribution in [-0.4, -0.2) is 4.98 Å². The van der Waals surface area contributed by atoms with Gasteiger partial charge in [-0.15, -0.1) is 0 Å². The Morgan fingerprint density at radius 3 is 2.53 bits per heavy atom. The molecule has 3 nitrogen and oxygen atoms in total. The summed E-state index contributed by atoms with van der Waals surface area (Å²) in [6.45, 7) is 8.49. The molecule has 0 unspecified atom stereocenters. The second-order valence-electron chi connectivity index (χ2n) is 5.24. The predicted molar refractivity (Wildman–Crippen MR) is 81.9 cm³/mol. The van der Waals surface area contributed by atoms with E-state index in [4.69, 9.17) is 5.73 Å². The number of nitrogen functional groups attached to an aromatic ring is 1. The summed E-state index contributed by atoms with van der Waals surface area (Å²) in [4.78, 5) is 4.34. The minimum absolute atomic E-state index is 0.470. The fourth-order valence-electron chi connectivity index (χ4n) is 2.11. The fourth-order valence-corrected chi connectivity index (χ4v) is 2.11. The topological polar surface area (TPSA) is 50.9 Å². The lowest BCUT2D eigenvalue weighted by Crippen LogP contribution is -2.02. The summed E-state index contributed by atoms with van der Waals surface area (Å²) in [7, 11) is 0. The number of para-hydroxylation sites is 1. The van der Waals surface area contributed by atoms with Crippen LogP contribution < -0.4 is 11.1 Å². The van der Waals surface area contributed by atoms with Crippen LogP contribution in [0.2, 0.25) is 0 Å². The first-order valence-corrected chi connectivity index (χ1v) is 6.57. The van der Waals surface area contributed by atoms with Crippen molar-refractivity contribution in [3.05, 3.63) is 47.2 Å². The first-order valence-electron chi connectivity index (χ1n) is 6.57. The quantitative estimate of drug-likeness (QED) is 0.866. The van der Waals surface area contributed by atoms with E-state index < -0.39 is 0 Å². The van der Waals surface area contributed by atoms with Crippen molar-refractivity contribution in [3.63, 3.8) is 0 Å². The summed E-state index contributed by atoms with van der Waals surface area (Å²) in [6.07, 6.45) is 1.70. The minimum atomic E-state index is 0.470. The molecule has 100 valence electrons. The zero-order valence-electron chi connectivity index (χ0n) is 12.0. The number of anilines is 3. The lowest BCUT2D eigenvalue weighted by Gasteiger charge is -2.17. The molecule has 0 aliphatic heterocycles. The summed E-state index contributed by atoms with van der Waals surface area (Å²) < 4.78 is 0. The third kappa shape index (κ3) is 2.87. The molecule has 3 N–H and O–H groups in total. The van der Waals surface area contributed by atoms with Crippen LogP contribution in [0.5, 0.6) is 0 Å². The van der Waals surface area contributed by atoms with Crippen molar-refractivity contribution < 1.29 is 0 Å². The van der Waals surface area contributed by atoms with Crippen LogP contribution in [-0.2, 0) is 0 Å². The molecule has 1 aromatic heterocycles. The Labute approximate surface area is 114 Å². The first-order chi connectivity index (χ1) is 8.99. The van der Waals surface area contributed by atoms with Gasteiger partial charge >= 0.3 is 0 Å². The molecule has 0 aliphatic rings. The zero-order valence-corrected chi connectivity index (χ0v) is 12.0. The number of hydrogen-bond donors (Lipinski definition) is 2. The molecular weight excluding hydrogens is 234 g/mol. The highest BCUT2D eigenvalue weighted by Crippen LogP contribution is 2.30. The molecule has 0 saturated heterocycles. The second kappa shape index (κ2) is 5.31. The van der Waals surface area contributed by atoms with E-state index in [1.165, 1.54) is 11.1 Å². The van der Waals surface area contributed by atoms with Gasteiger partial charge in [0.05, 0.1) is 11.9 Å². The van der Waals surface area contributed by atoms with E-state index in [0.717, 1.165) is 22.8 Å². The lowest BCUT2D eigenvalue weighted by molar-refractivity contribution is 0.867. The van der Waals surface area contributed by atoms with E-state index in [2.05, 4.69) is 49.3 Å². The minimum Gasteiger partial charge on any atom is -0.397 e. The summed E-state index contributed by atoms with van der Waals surface area (Å²) in [6, 6.07) is 8.34. The van der Waals surface area contributed by atoms with Gasteiger partial charge in [0.15, 0.2) is 0 Å². The molecule has 19 heavy (non-hydrogen) atoms. The Bertz CT molecular complexity index is 589. The smallest absolute Gasteiger partial charge is 0.130 e. The highest BCUT2D eigenvalue weighted by molar-refractivity contribution is 5.66. The van der Waals surface area contributed by atoms with Gasteiger partial charge in [0.2, 0.25) is 0 Å². The fraction of sp³-hybridized carbons (Fsp3) is 0.312. The molecule has 0 fully saturated rings. The zero-order chi connectivity index (χ0) is 14.0. The van der Waals surface area contributed by atoms with Crippen molar-refractivity contribution in [1.82, 2.24) is 4.98 Å². The van der Waals surface area contributed by atoms with Crippen LogP contribution in [0.25, 0.3) is 0 Å². The lowest BCUT2D eigenvalue weighted by atomic mass is 9.98. The Balaban J connectivity index is 2.40. The SMILES string of the molecule is Cc1cc(Nc2c(C)cccc2C(C)C)ncc1N. The number of nitrogens with one attached hydrogen (secondary N) is 1. The van der Waals surface area contributed by atoms with Crippen LogP contribution >= 0.6 is 0 Å². The molecule has 1 aromatic carbocycles. The standard InChI is InChI=1S/C16H21N3/c1-10(2)13-7-5-6-11(3)16(13)19-15-8-12(4)14(17)9-18-15/h5-10H,17H2,1-4H3,(H,18,19). The third-order valence-electron chi connectivity index (χ3n) is 3.33. The van der Waals surface area contributed by atoms with E-state index in [0.29, 0.717) is 5.92 Å². The molecule has 0 bridgehead atoms. The normalized spacial score (nSPS) is 10.8. The Morgan fingerprint density at radius 1 is 1.16 bits per heavy atom. The maximum Gasteiger partial charge on any atom is 0.130 e. The van der Waals surface area contributed by atoms with Crippen molar-refractivity contribution >= 4 is 17.2 Å². The van der Waals surface area contributed by atoms with Gasteiger partial charge in [0, 0.05) is 5.69 Å². The molecule has 3 heteroatoms. The van der Waals surface area contributed by atoms with E-state index in [9.17, 15) is 0 Å². The molecule has 0 saturated carbocycles. The number of rotatable bonds is 3. The highest BCUT2D eigenvalue weighted by atomic mass is 15.0. The Hall–Kier alpha value is -2.03. The number of nitrogens with two attached hydrogens (primary N) is 1. The number of benzene rings is 1. The average molecular weight is 255 g/mol. The van der Waals surface area contributed by atoms with Crippen LogP contribution in [0.15, 0.2) is 30.5 Å². The van der Waals surface area contributed by atoms with Crippen molar-refractivity contribution in [1.29, 1.82) is 0 Å². The average Bonchev–Trinajstić information content (AvgIpc) is 2.36. The molecule has 1 heterocycles. The molecule has 0 radical (unpaired) electrons. The first kappa shape index (κ1) is 13.4. The van der Waals surface area contributed by atoms with Gasteiger partial charge in [-0.2, -0.15) is 0 Å². The molecular formula is C16H21N3. The predicted octanol–water partition coefficient (Wildman–Crippen LogP) is 4.15. The van der Waals surface area contributed by atoms with Gasteiger partial charge in [-0.05, 0) is 42.5 Å². The molecule has 0 aliphatic carbocycles. The van der Waals surface area contributed by atoms with Gasteiger partial charge in [0.25, 0.3) is 0 Å². The highest BCUT2D eigenvalue weighted by Gasteiger charge is 2.10. The van der Waals surface area contributed by atoms with Crippen LogP contribution in [0.4, 0.5) is 17.2 Å². The summed E-state index contributed by atoms with van der Waals surface area (Å²) >= 11 is 0. The molecule has 0 atom stereocenters. The number of nitrogens with zero attached hydrogens (tertiary/aromatic N) is 1. The van der Waals surface area contributed by atoms with E-state index >= 15 is 0 Å². The maximum atomic E-state index is 5.80. The van der Waals surface area contributed by atoms with E-state index in [-0.39, 0.29) is 0 Å². The van der Waals surface area contributed by atoms with Crippen molar-refractivity contribution in [3.8, 4) is 0 Å². The monoisotopic (exact) mass is 255 g/mol. The van der Waals surface area contributed by atoms with E-state index in [1.54, 1.807) is 6.20 Å². The van der Waals surface area contributed by atoms with E-state index in [1.807, 2.05) is 13.0 Å². The van der Waals surface area contributed by atoms with Gasteiger partial charge < -0.3 is 11.1 Å². The third-order valence-corrected chi connectivity index (χ3v) is 3.33. The number of aryl methyl sites for hydroxylation is 2. The van der Waals surface area contributed by atoms with Crippen molar-refractivity contribution in [2.75, 3.05) is 11.1 Å². The Morgan fingerprint density at radius 2 is 1.89 bits per heavy atom. The van der Waals surface area contributed by atoms with Crippen LogP contribution in [0.1, 0.15) is 36.5 Å². The summed E-state index contributed by atoms with van der Waals surface area (Å²) in [5.41, 5.74) is 11.2. The van der Waals surface area contributed by atoms with Crippen molar-refractivity contribution in [2.45, 2.75) is 33.6 Å². The Kier molecular flexibility index (Phi) is 3.74. The summed E-state index contributed by atoms with van der Waals surface area (Å²) in [5, 5.41) is 3.42. The van der Waals surface area contributed by atoms with Gasteiger partial charge in [0.1, 0.15) is 5.82 Å². The molecule has 0 spiro atoms. The largest absolute Gasteiger partial charge is 0.397 e. The van der Waals surface area contributed by atoms with Gasteiger partial charge in [-0.3, -0.25) is 0 Å². The second-order valence-corrected chi connectivity index (χ2v) is 5.24. The maximum absolute atomic E-state index is 5.80. The molecule has 2 aromatic rings. The molecule has 2 rings (SSSR count). The molecule has 0 amide bonds. The van der Waals surface area contributed by atoms with Gasteiger partial charge in [-0.1, -0.05) is 32.0 Å². The van der Waals surface area contributed by atoms with Crippen LogP contribution in [0, 0.1) is 13.8 Å². The van der Waals surface area contributed by atoms with Gasteiger partial charge in [-0.25, -0.2) is 4.98 Å². The van der Waals surface area contributed by atoms with Crippen molar-refractivity contribution in [2.24, 2.45) is 0 Å².